The molecular weight excluding hydrogens is 270 g/mol. The minimum Gasteiger partial charge on any atom is -0.383 e. The molecule has 6 nitrogen and oxygen atoms in total. The molecule has 3 heterocycles. The van der Waals surface area contributed by atoms with Crippen molar-refractivity contribution in [2.24, 2.45) is 0 Å². The van der Waals surface area contributed by atoms with E-state index in [1.54, 1.807) is 19.5 Å². The predicted octanol–water partition coefficient (Wildman–Crippen LogP) is 0.576. The van der Waals surface area contributed by atoms with E-state index in [9.17, 15) is 4.79 Å². The fourth-order valence-corrected chi connectivity index (χ4v) is 3.25. The first kappa shape index (κ1) is 14.6. The minimum atomic E-state index is 0.104. The molecule has 1 aromatic heterocycles. The maximum absolute atomic E-state index is 12.5. The van der Waals surface area contributed by atoms with E-state index in [0.717, 1.165) is 51.4 Å². The summed E-state index contributed by atoms with van der Waals surface area (Å²) < 4.78 is 11.1. The van der Waals surface area contributed by atoms with E-state index in [2.05, 4.69) is 9.88 Å². The van der Waals surface area contributed by atoms with Gasteiger partial charge in [0.15, 0.2) is 0 Å². The predicted molar refractivity (Wildman–Crippen MR) is 78.3 cm³/mol. The van der Waals surface area contributed by atoms with E-state index in [0.29, 0.717) is 0 Å². The number of morpholine rings is 1. The average Bonchev–Trinajstić information content (AvgIpc) is 3.06. The molecule has 6 heteroatoms. The minimum absolute atomic E-state index is 0.104. The molecule has 0 spiro atoms. The van der Waals surface area contributed by atoms with Crippen LogP contribution >= 0.6 is 0 Å². The molecule has 1 N–H and O–H groups in total. The highest BCUT2D eigenvalue weighted by molar-refractivity contribution is 5.94. The van der Waals surface area contributed by atoms with Crippen LogP contribution in [0.5, 0.6) is 0 Å². The SMILES string of the molecule is COCCN1CCO[C@H]2CCN(C(=O)c3cc[nH]c3)C[C@@H]21. The monoisotopic (exact) mass is 293 g/mol. The van der Waals surface area contributed by atoms with Crippen LogP contribution in [0, 0.1) is 0 Å². The van der Waals surface area contributed by atoms with Gasteiger partial charge in [-0.25, -0.2) is 0 Å². The fraction of sp³-hybridized carbons (Fsp3) is 0.667. The van der Waals surface area contributed by atoms with Gasteiger partial charge in [0.25, 0.3) is 5.91 Å². The third-order valence-electron chi connectivity index (χ3n) is 4.41. The first-order valence-electron chi connectivity index (χ1n) is 7.56. The Labute approximate surface area is 125 Å². The maximum Gasteiger partial charge on any atom is 0.255 e. The number of aromatic nitrogens is 1. The molecule has 0 bridgehead atoms. The highest BCUT2D eigenvalue weighted by atomic mass is 16.5. The number of aromatic amines is 1. The van der Waals surface area contributed by atoms with Crippen molar-refractivity contribution in [3.63, 3.8) is 0 Å². The van der Waals surface area contributed by atoms with E-state index in [1.165, 1.54) is 0 Å². The van der Waals surface area contributed by atoms with Crippen LogP contribution in [-0.4, -0.2) is 79.3 Å². The number of piperidine rings is 1. The third-order valence-corrected chi connectivity index (χ3v) is 4.41. The van der Waals surface area contributed by atoms with Gasteiger partial charge in [0, 0.05) is 45.7 Å². The van der Waals surface area contributed by atoms with Crippen LogP contribution in [0.15, 0.2) is 18.5 Å². The summed E-state index contributed by atoms with van der Waals surface area (Å²) in [5.41, 5.74) is 0.730. The zero-order chi connectivity index (χ0) is 14.7. The topological polar surface area (TPSA) is 57.8 Å². The number of carbonyl (C=O) groups is 1. The Kier molecular flexibility index (Phi) is 4.57. The van der Waals surface area contributed by atoms with E-state index in [-0.39, 0.29) is 18.1 Å². The van der Waals surface area contributed by atoms with Crippen LogP contribution in [0.2, 0.25) is 0 Å². The number of fused-ring (bicyclic) bond motifs is 1. The average molecular weight is 293 g/mol. The standard InChI is InChI=1S/C15H23N3O3/c1-20-8-6-17-7-9-21-14-3-5-18(11-13(14)17)15(19)12-2-4-16-10-12/h2,4,10,13-14,16H,3,5-9,11H2,1H3/t13-,14-/m0/s1. The number of ether oxygens (including phenoxy) is 2. The third kappa shape index (κ3) is 3.12. The summed E-state index contributed by atoms with van der Waals surface area (Å²) in [5, 5.41) is 0. The summed E-state index contributed by atoms with van der Waals surface area (Å²) in [6.07, 6.45) is 4.69. The van der Waals surface area contributed by atoms with Gasteiger partial charge in [0.2, 0.25) is 0 Å². The summed E-state index contributed by atoms with van der Waals surface area (Å²) in [5.74, 6) is 0.104. The number of H-pyrrole nitrogens is 1. The van der Waals surface area contributed by atoms with Gasteiger partial charge in [0.05, 0.1) is 30.9 Å². The molecule has 21 heavy (non-hydrogen) atoms. The fourth-order valence-electron chi connectivity index (χ4n) is 3.25. The molecule has 2 fully saturated rings. The highest BCUT2D eigenvalue weighted by Crippen LogP contribution is 2.24. The Morgan fingerprint density at radius 2 is 2.43 bits per heavy atom. The van der Waals surface area contributed by atoms with Crippen LogP contribution in [0.25, 0.3) is 0 Å². The normalized spacial score (nSPS) is 26.6. The molecule has 116 valence electrons. The van der Waals surface area contributed by atoms with E-state index >= 15 is 0 Å². The zero-order valence-corrected chi connectivity index (χ0v) is 12.5. The summed E-state index contributed by atoms with van der Waals surface area (Å²) in [4.78, 5) is 19.8. The van der Waals surface area contributed by atoms with Crippen molar-refractivity contribution in [2.75, 3.05) is 46.5 Å². The van der Waals surface area contributed by atoms with Crippen molar-refractivity contribution < 1.29 is 14.3 Å². The lowest BCUT2D eigenvalue weighted by Gasteiger charge is -2.47. The van der Waals surface area contributed by atoms with Crippen LogP contribution in [0.4, 0.5) is 0 Å². The number of methoxy groups -OCH3 is 1. The maximum atomic E-state index is 12.5. The molecule has 0 unspecified atom stereocenters. The van der Waals surface area contributed by atoms with E-state index in [4.69, 9.17) is 9.47 Å². The lowest BCUT2D eigenvalue weighted by atomic mass is 9.98. The molecule has 0 saturated carbocycles. The van der Waals surface area contributed by atoms with Gasteiger partial charge in [-0.15, -0.1) is 0 Å². The van der Waals surface area contributed by atoms with Gasteiger partial charge in [0.1, 0.15) is 0 Å². The number of hydrogen-bond acceptors (Lipinski definition) is 4. The molecule has 1 amide bonds. The van der Waals surface area contributed by atoms with Gasteiger partial charge >= 0.3 is 0 Å². The number of nitrogens with one attached hydrogen (secondary N) is 1. The van der Waals surface area contributed by atoms with Crippen molar-refractivity contribution in [3.8, 4) is 0 Å². The summed E-state index contributed by atoms with van der Waals surface area (Å²) in [7, 11) is 1.72. The lowest BCUT2D eigenvalue weighted by molar-refractivity contribution is -0.101. The lowest BCUT2D eigenvalue weighted by Crippen LogP contribution is -2.61. The molecule has 2 aliphatic heterocycles. The Hall–Kier alpha value is -1.37. The van der Waals surface area contributed by atoms with Crippen LogP contribution in [0.3, 0.4) is 0 Å². The molecule has 2 atom stereocenters. The van der Waals surface area contributed by atoms with Gasteiger partial charge < -0.3 is 19.4 Å². The second-order valence-electron chi connectivity index (χ2n) is 5.64. The van der Waals surface area contributed by atoms with Crippen molar-refractivity contribution in [2.45, 2.75) is 18.6 Å². The van der Waals surface area contributed by atoms with Gasteiger partial charge in [-0.05, 0) is 12.5 Å². The largest absolute Gasteiger partial charge is 0.383 e. The number of rotatable bonds is 4. The van der Waals surface area contributed by atoms with Gasteiger partial charge in [-0.1, -0.05) is 0 Å². The Balaban J connectivity index is 1.66. The first-order valence-corrected chi connectivity index (χ1v) is 7.56. The van der Waals surface area contributed by atoms with E-state index in [1.807, 2.05) is 11.0 Å². The van der Waals surface area contributed by atoms with Gasteiger partial charge in [-0.3, -0.25) is 9.69 Å². The van der Waals surface area contributed by atoms with Crippen molar-refractivity contribution in [1.29, 1.82) is 0 Å². The summed E-state index contributed by atoms with van der Waals surface area (Å²) in [6, 6.07) is 2.11. The van der Waals surface area contributed by atoms with Crippen molar-refractivity contribution in [1.82, 2.24) is 14.8 Å². The van der Waals surface area contributed by atoms with Crippen molar-refractivity contribution in [3.05, 3.63) is 24.0 Å². The molecular formula is C15H23N3O3. The zero-order valence-electron chi connectivity index (χ0n) is 12.5. The molecule has 3 rings (SSSR count). The second kappa shape index (κ2) is 6.60. The number of hydrogen-bond donors (Lipinski definition) is 1. The Morgan fingerprint density at radius 3 is 3.19 bits per heavy atom. The van der Waals surface area contributed by atoms with Crippen molar-refractivity contribution >= 4 is 5.91 Å². The van der Waals surface area contributed by atoms with Crippen LogP contribution in [0.1, 0.15) is 16.8 Å². The highest BCUT2D eigenvalue weighted by Gasteiger charge is 2.38. The molecule has 0 aliphatic carbocycles. The quantitative estimate of drug-likeness (QED) is 0.882. The second-order valence-corrected chi connectivity index (χ2v) is 5.64. The summed E-state index contributed by atoms with van der Waals surface area (Å²) in [6.45, 7) is 4.80. The number of nitrogens with zero attached hydrogens (tertiary/aromatic N) is 2. The first-order chi connectivity index (χ1) is 10.3. The summed E-state index contributed by atoms with van der Waals surface area (Å²) >= 11 is 0. The molecule has 1 aromatic rings. The molecule has 2 aliphatic rings. The Bertz CT molecular complexity index is 463. The molecule has 0 radical (unpaired) electrons. The smallest absolute Gasteiger partial charge is 0.255 e. The molecule has 0 aromatic carbocycles. The van der Waals surface area contributed by atoms with Crippen LogP contribution < -0.4 is 0 Å². The van der Waals surface area contributed by atoms with Crippen LogP contribution in [-0.2, 0) is 9.47 Å². The van der Waals surface area contributed by atoms with Gasteiger partial charge in [-0.2, -0.15) is 0 Å². The molecule has 2 saturated heterocycles. The number of amides is 1. The Morgan fingerprint density at radius 1 is 1.52 bits per heavy atom. The number of likely N-dealkylation sites (tertiary alicyclic amines) is 1. The number of carbonyl (C=O) groups excluding carboxylic acids is 1. The van der Waals surface area contributed by atoms with E-state index < -0.39 is 0 Å².